The van der Waals surface area contributed by atoms with E-state index < -0.39 is 0 Å². The van der Waals surface area contributed by atoms with Gasteiger partial charge in [-0.15, -0.1) is 0 Å². The number of nitrogen functional groups attached to an aromatic ring is 1. The average molecular weight is 232 g/mol. The Morgan fingerprint density at radius 3 is 2.71 bits per heavy atom. The van der Waals surface area contributed by atoms with Crippen LogP contribution in [0.25, 0.3) is 0 Å². The van der Waals surface area contributed by atoms with E-state index >= 15 is 0 Å². The van der Waals surface area contributed by atoms with Crippen LogP contribution in [0, 0.1) is 18.8 Å². The van der Waals surface area contributed by atoms with Crippen molar-refractivity contribution in [3.05, 3.63) is 29.3 Å². The van der Waals surface area contributed by atoms with Crippen LogP contribution in [0.4, 0.5) is 5.69 Å². The van der Waals surface area contributed by atoms with Crippen molar-refractivity contribution in [2.45, 2.75) is 20.3 Å². The Bertz CT molecular complexity index is 442. The Balaban J connectivity index is 2.07. The van der Waals surface area contributed by atoms with Gasteiger partial charge in [0.05, 0.1) is 5.56 Å². The zero-order chi connectivity index (χ0) is 12.6. The zero-order valence-corrected chi connectivity index (χ0v) is 10.7. The van der Waals surface area contributed by atoms with Crippen LogP contribution < -0.4 is 5.73 Å². The number of aryl methyl sites for hydroxylation is 1. The summed E-state index contributed by atoms with van der Waals surface area (Å²) >= 11 is 0. The molecule has 3 nitrogen and oxygen atoms in total. The van der Waals surface area contributed by atoms with Crippen molar-refractivity contribution in [1.29, 1.82) is 0 Å². The van der Waals surface area contributed by atoms with Crippen LogP contribution >= 0.6 is 0 Å². The number of anilines is 1. The third kappa shape index (κ3) is 2.60. The standard InChI is InChI=1S/C14H20N2O/c1-9-4-5-12(13(15)6-9)14(17)16(3)8-11-7-10(11)2/h4-6,10-11H,7-8,15H2,1-3H3. The lowest BCUT2D eigenvalue weighted by molar-refractivity contribution is 0.0788. The van der Waals surface area contributed by atoms with Crippen LogP contribution in [0.2, 0.25) is 0 Å². The molecule has 1 saturated carbocycles. The van der Waals surface area contributed by atoms with Crippen molar-refractivity contribution in [3.63, 3.8) is 0 Å². The van der Waals surface area contributed by atoms with Crippen molar-refractivity contribution >= 4 is 11.6 Å². The second-order valence-corrected chi connectivity index (χ2v) is 5.25. The minimum absolute atomic E-state index is 0.0293. The van der Waals surface area contributed by atoms with Gasteiger partial charge < -0.3 is 10.6 Å². The minimum Gasteiger partial charge on any atom is -0.398 e. The molecule has 0 heterocycles. The maximum absolute atomic E-state index is 12.2. The summed E-state index contributed by atoms with van der Waals surface area (Å²) in [5.74, 6) is 1.47. The van der Waals surface area contributed by atoms with Crippen LogP contribution in [-0.2, 0) is 0 Å². The number of carbonyl (C=O) groups is 1. The van der Waals surface area contributed by atoms with Gasteiger partial charge >= 0.3 is 0 Å². The van der Waals surface area contributed by atoms with Crippen molar-refractivity contribution < 1.29 is 4.79 Å². The molecule has 1 aliphatic carbocycles. The molecule has 2 rings (SSSR count). The molecule has 0 spiro atoms. The molecule has 2 atom stereocenters. The highest BCUT2D eigenvalue weighted by Gasteiger charge is 2.34. The molecule has 1 aromatic carbocycles. The number of carbonyl (C=O) groups excluding carboxylic acids is 1. The zero-order valence-electron chi connectivity index (χ0n) is 10.7. The number of nitrogens with two attached hydrogens (primary N) is 1. The molecule has 1 amide bonds. The van der Waals surface area contributed by atoms with E-state index in [9.17, 15) is 4.79 Å². The van der Waals surface area contributed by atoms with Crippen molar-refractivity contribution in [1.82, 2.24) is 4.90 Å². The van der Waals surface area contributed by atoms with E-state index in [4.69, 9.17) is 5.73 Å². The van der Waals surface area contributed by atoms with E-state index in [1.165, 1.54) is 6.42 Å². The highest BCUT2D eigenvalue weighted by molar-refractivity contribution is 5.99. The first-order chi connectivity index (χ1) is 7.99. The van der Waals surface area contributed by atoms with Gasteiger partial charge in [-0.3, -0.25) is 4.79 Å². The molecule has 0 aliphatic heterocycles. The maximum atomic E-state index is 12.2. The van der Waals surface area contributed by atoms with Crippen molar-refractivity contribution in [2.24, 2.45) is 11.8 Å². The topological polar surface area (TPSA) is 46.3 Å². The molecule has 92 valence electrons. The van der Waals surface area contributed by atoms with Gasteiger partial charge in [-0.1, -0.05) is 13.0 Å². The van der Waals surface area contributed by atoms with Gasteiger partial charge in [0.2, 0.25) is 0 Å². The Morgan fingerprint density at radius 2 is 2.18 bits per heavy atom. The molecule has 3 heteroatoms. The fourth-order valence-electron chi connectivity index (χ4n) is 2.17. The number of benzene rings is 1. The number of hydrogen-bond donors (Lipinski definition) is 1. The largest absolute Gasteiger partial charge is 0.398 e. The van der Waals surface area contributed by atoms with Crippen LogP contribution in [-0.4, -0.2) is 24.4 Å². The van der Waals surface area contributed by atoms with Crippen LogP contribution in [0.5, 0.6) is 0 Å². The molecule has 17 heavy (non-hydrogen) atoms. The molecule has 1 fully saturated rings. The summed E-state index contributed by atoms with van der Waals surface area (Å²) in [5, 5.41) is 0. The molecule has 0 radical (unpaired) electrons. The van der Waals surface area contributed by atoms with Gasteiger partial charge in [0, 0.05) is 19.3 Å². The minimum atomic E-state index is 0.0293. The van der Waals surface area contributed by atoms with Crippen LogP contribution in [0.1, 0.15) is 29.3 Å². The predicted molar refractivity (Wildman–Crippen MR) is 69.8 cm³/mol. The average Bonchev–Trinajstić information content (AvgIpc) is 2.93. The van der Waals surface area contributed by atoms with Gasteiger partial charge in [0.25, 0.3) is 5.91 Å². The lowest BCUT2D eigenvalue weighted by atomic mass is 10.1. The van der Waals surface area contributed by atoms with Crippen LogP contribution in [0.3, 0.4) is 0 Å². The van der Waals surface area contributed by atoms with Crippen molar-refractivity contribution in [3.8, 4) is 0 Å². The molecule has 0 bridgehead atoms. The molecule has 0 aromatic heterocycles. The molecule has 2 unspecified atom stereocenters. The van der Waals surface area contributed by atoms with Gasteiger partial charge in [-0.2, -0.15) is 0 Å². The van der Waals surface area contributed by atoms with E-state index in [1.54, 1.807) is 4.90 Å². The summed E-state index contributed by atoms with van der Waals surface area (Å²) in [4.78, 5) is 14.0. The van der Waals surface area contributed by atoms with E-state index in [0.717, 1.165) is 18.0 Å². The maximum Gasteiger partial charge on any atom is 0.255 e. The van der Waals surface area contributed by atoms with E-state index in [2.05, 4.69) is 6.92 Å². The molecule has 0 saturated heterocycles. The van der Waals surface area contributed by atoms with Gasteiger partial charge in [-0.05, 0) is 42.9 Å². The van der Waals surface area contributed by atoms with E-state index in [-0.39, 0.29) is 5.91 Å². The summed E-state index contributed by atoms with van der Waals surface area (Å²) in [6.07, 6.45) is 1.24. The first kappa shape index (κ1) is 12.0. The second kappa shape index (κ2) is 4.40. The van der Waals surface area contributed by atoms with Gasteiger partial charge in [0.15, 0.2) is 0 Å². The van der Waals surface area contributed by atoms with E-state index in [0.29, 0.717) is 17.2 Å². The second-order valence-electron chi connectivity index (χ2n) is 5.25. The smallest absolute Gasteiger partial charge is 0.255 e. The SMILES string of the molecule is Cc1ccc(C(=O)N(C)CC2CC2C)c(N)c1. The summed E-state index contributed by atoms with van der Waals surface area (Å²) in [6, 6.07) is 5.60. The highest BCUT2D eigenvalue weighted by atomic mass is 16.2. The first-order valence-electron chi connectivity index (χ1n) is 6.10. The fraction of sp³-hybridized carbons (Fsp3) is 0.500. The van der Waals surface area contributed by atoms with Gasteiger partial charge in [0.1, 0.15) is 0 Å². The molecular weight excluding hydrogens is 212 g/mol. The summed E-state index contributed by atoms with van der Waals surface area (Å²) in [7, 11) is 1.85. The number of hydrogen-bond acceptors (Lipinski definition) is 2. The Labute approximate surface area is 103 Å². The van der Waals surface area contributed by atoms with Crippen LogP contribution in [0.15, 0.2) is 18.2 Å². The first-order valence-corrected chi connectivity index (χ1v) is 6.10. The Kier molecular flexibility index (Phi) is 3.09. The monoisotopic (exact) mass is 232 g/mol. The third-order valence-electron chi connectivity index (χ3n) is 3.57. The lowest BCUT2D eigenvalue weighted by Crippen LogP contribution is -2.29. The Morgan fingerprint density at radius 1 is 1.53 bits per heavy atom. The normalized spacial score (nSPS) is 22.3. The summed E-state index contributed by atoms with van der Waals surface area (Å²) in [5.41, 5.74) is 8.16. The number of amides is 1. The molecular formula is C14H20N2O. The third-order valence-corrected chi connectivity index (χ3v) is 3.57. The Hall–Kier alpha value is -1.51. The quantitative estimate of drug-likeness (QED) is 0.813. The lowest BCUT2D eigenvalue weighted by Gasteiger charge is -2.18. The van der Waals surface area contributed by atoms with Crippen molar-refractivity contribution in [2.75, 3.05) is 19.3 Å². The van der Waals surface area contributed by atoms with E-state index in [1.807, 2.05) is 32.2 Å². The molecule has 2 N–H and O–H groups in total. The van der Waals surface area contributed by atoms with Gasteiger partial charge in [-0.25, -0.2) is 0 Å². The molecule has 1 aliphatic rings. The summed E-state index contributed by atoms with van der Waals surface area (Å²) in [6.45, 7) is 5.04. The fourth-order valence-corrected chi connectivity index (χ4v) is 2.17. The number of rotatable bonds is 3. The molecule has 1 aromatic rings. The summed E-state index contributed by atoms with van der Waals surface area (Å²) < 4.78 is 0. The predicted octanol–water partition coefficient (Wildman–Crippen LogP) is 2.31. The number of nitrogens with zero attached hydrogens (tertiary/aromatic N) is 1. The highest BCUT2D eigenvalue weighted by Crippen LogP contribution is 2.38.